The SMILES string of the molecule is O=C1NC(=S)N(c2ccc(Oc3ccccc3)cc2)C(=O)C1=Cc1ccc(Br)s1. The van der Waals surface area contributed by atoms with Gasteiger partial charge >= 0.3 is 0 Å². The van der Waals surface area contributed by atoms with Gasteiger partial charge in [-0.1, -0.05) is 18.2 Å². The van der Waals surface area contributed by atoms with E-state index in [4.69, 9.17) is 17.0 Å². The highest BCUT2D eigenvalue weighted by molar-refractivity contribution is 9.11. The number of ether oxygens (including phenoxy) is 1. The molecule has 1 aliphatic heterocycles. The van der Waals surface area contributed by atoms with E-state index in [-0.39, 0.29) is 10.7 Å². The van der Waals surface area contributed by atoms with Crippen molar-refractivity contribution in [1.82, 2.24) is 5.32 Å². The molecule has 0 bridgehead atoms. The molecule has 0 saturated carbocycles. The summed E-state index contributed by atoms with van der Waals surface area (Å²) in [7, 11) is 0. The fourth-order valence-electron chi connectivity index (χ4n) is 2.73. The van der Waals surface area contributed by atoms with Crippen LogP contribution in [0.4, 0.5) is 5.69 Å². The molecule has 1 aliphatic rings. The van der Waals surface area contributed by atoms with Gasteiger partial charge in [0.1, 0.15) is 17.1 Å². The molecule has 1 aromatic heterocycles. The quantitative estimate of drug-likeness (QED) is 0.316. The molecule has 2 heterocycles. The molecule has 1 fully saturated rings. The normalized spacial score (nSPS) is 15.6. The summed E-state index contributed by atoms with van der Waals surface area (Å²) in [6, 6.07) is 20.0. The predicted molar refractivity (Wildman–Crippen MR) is 121 cm³/mol. The number of thiophene rings is 1. The topological polar surface area (TPSA) is 58.6 Å². The van der Waals surface area contributed by atoms with E-state index in [9.17, 15) is 9.59 Å². The van der Waals surface area contributed by atoms with Gasteiger partial charge in [0.15, 0.2) is 5.11 Å². The highest BCUT2D eigenvalue weighted by atomic mass is 79.9. The van der Waals surface area contributed by atoms with Gasteiger partial charge in [-0.25, -0.2) is 0 Å². The average molecular weight is 485 g/mol. The zero-order valence-electron chi connectivity index (χ0n) is 14.8. The summed E-state index contributed by atoms with van der Waals surface area (Å²) in [4.78, 5) is 27.4. The number of halogens is 1. The van der Waals surface area contributed by atoms with E-state index in [2.05, 4.69) is 21.2 Å². The molecule has 4 rings (SSSR count). The summed E-state index contributed by atoms with van der Waals surface area (Å²) in [6.45, 7) is 0. The van der Waals surface area contributed by atoms with Crippen molar-refractivity contribution in [2.45, 2.75) is 0 Å². The summed E-state index contributed by atoms with van der Waals surface area (Å²) in [5.74, 6) is 0.354. The standard InChI is InChI=1S/C21H13BrN2O3S2/c22-18-11-10-16(29-18)12-17-19(25)23-21(28)24(20(17)26)13-6-8-15(9-7-13)27-14-4-2-1-3-5-14/h1-12H,(H,23,25,28). The fraction of sp³-hybridized carbons (Fsp3) is 0. The predicted octanol–water partition coefficient (Wildman–Crippen LogP) is 5.13. The van der Waals surface area contributed by atoms with Gasteiger partial charge in [-0.05, 0) is 82.8 Å². The van der Waals surface area contributed by atoms with E-state index in [0.717, 1.165) is 8.66 Å². The Morgan fingerprint density at radius 2 is 1.66 bits per heavy atom. The van der Waals surface area contributed by atoms with Gasteiger partial charge in [0.05, 0.1) is 9.47 Å². The van der Waals surface area contributed by atoms with Crippen LogP contribution in [-0.4, -0.2) is 16.9 Å². The van der Waals surface area contributed by atoms with Gasteiger partial charge in [0, 0.05) is 4.88 Å². The lowest BCUT2D eigenvalue weighted by atomic mass is 10.1. The van der Waals surface area contributed by atoms with Gasteiger partial charge < -0.3 is 4.74 Å². The van der Waals surface area contributed by atoms with E-state index in [0.29, 0.717) is 17.2 Å². The second kappa shape index (κ2) is 8.28. The number of rotatable bonds is 4. The Kier molecular flexibility index (Phi) is 5.57. The summed E-state index contributed by atoms with van der Waals surface area (Å²) < 4.78 is 6.68. The second-order valence-electron chi connectivity index (χ2n) is 6.01. The zero-order chi connectivity index (χ0) is 20.4. The monoisotopic (exact) mass is 484 g/mol. The van der Waals surface area contributed by atoms with Crippen LogP contribution in [0.15, 0.2) is 76.1 Å². The Morgan fingerprint density at radius 3 is 2.31 bits per heavy atom. The molecular weight excluding hydrogens is 472 g/mol. The van der Waals surface area contributed by atoms with Crippen molar-refractivity contribution in [1.29, 1.82) is 0 Å². The molecule has 5 nitrogen and oxygen atoms in total. The summed E-state index contributed by atoms with van der Waals surface area (Å²) in [5, 5.41) is 2.62. The van der Waals surface area contributed by atoms with Crippen molar-refractivity contribution in [3.8, 4) is 11.5 Å². The molecule has 2 aromatic carbocycles. The van der Waals surface area contributed by atoms with Crippen molar-refractivity contribution in [2.75, 3.05) is 4.90 Å². The minimum absolute atomic E-state index is 0.0255. The number of para-hydroxylation sites is 1. The number of nitrogens with one attached hydrogen (secondary N) is 1. The lowest BCUT2D eigenvalue weighted by Crippen LogP contribution is -2.54. The molecule has 2 amide bonds. The molecule has 0 aliphatic carbocycles. The van der Waals surface area contributed by atoms with Gasteiger partial charge in [-0.3, -0.25) is 19.8 Å². The van der Waals surface area contributed by atoms with Crippen LogP contribution in [-0.2, 0) is 9.59 Å². The van der Waals surface area contributed by atoms with E-state index in [1.807, 2.05) is 42.5 Å². The Balaban J connectivity index is 1.59. The lowest BCUT2D eigenvalue weighted by molar-refractivity contribution is -0.122. The molecule has 0 atom stereocenters. The molecule has 29 heavy (non-hydrogen) atoms. The first-order valence-electron chi connectivity index (χ1n) is 8.51. The van der Waals surface area contributed by atoms with Crippen LogP contribution in [0.1, 0.15) is 4.88 Å². The molecule has 144 valence electrons. The molecule has 0 radical (unpaired) electrons. The van der Waals surface area contributed by atoms with Gasteiger partial charge in [0.25, 0.3) is 11.8 Å². The molecule has 1 saturated heterocycles. The first kappa shape index (κ1) is 19.5. The van der Waals surface area contributed by atoms with Crippen molar-refractivity contribution >= 4 is 68.2 Å². The smallest absolute Gasteiger partial charge is 0.270 e. The Hall–Kier alpha value is -2.81. The first-order chi connectivity index (χ1) is 14.0. The number of benzene rings is 2. The van der Waals surface area contributed by atoms with Crippen LogP contribution in [0.2, 0.25) is 0 Å². The Bertz CT molecular complexity index is 1120. The average Bonchev–Trinajstić information content (AvgIpc) is 3.12. The Labute approximate surface area is 184 Å². The number of carbonyl (C=O) groups excluding carboxylic acids is 2. The van der Waals surface area contributed by atoms with Crippen LogP contribution in [0.5, 0.6) is 11.5 Å². The number of hydrogen-bond donors (Lipinski definition) is 1. The van der Waals surface area contributed by atoms with E-state index in [1.54, 1.807) is 30.3 Å². The Morgan fingerprint density at radius 1 is 0.966 bits per heavy atom. The third kappa shape index (κ3) is 4.29. The fourth-order valence-corrected chi connectivity index (χ4v) is 4.38. The zero-order valence-corrected chi connectivity index (χ0v) is 18.0. The van der Waals surface area contributed by atoms with E-state index in [1.165, 1.54) is 16.2 Å². The van der Waals surface area contributed by atoms with Crippen molar-refractivity contribution in [2.24, 2.45) is 0 Å². The van der Waals surface area contributed by atoms with E-state index < -0.39 is 11.8 Å². The molecule has 1 N–H and O–H groups in total. The number of anilines is 1. The minimum Gasteiger partial charge on any atom is -0.457 e. The molecule has 3 aromatic rings. The van der Waals surface area contributed by atoms with Gasteiger partial charge in [-0.15, -0.1) is 11.3 Å². The van der Waals surface area contributed by atoms with Gasteiger partial charge in [-0.2, -0.15) is 0 Å². The van der Waals surface area contributed by atoms with Crippen LogP contribution >= 0.6 is 39.5 Å². The summed E-state index contributed by atoms with van der Waals surface area (Å²) >= 11 is 10.0. The molecule has 0 spiro atoms. The highest BCUT2D eigenvalue weighted by Gasteiger charge is 2.34. The second-order valence-corrected chi connectivity index (χ2v) is 8.89. The highest BCUT2D eigenvalue weighted by Crippen LogP contribution is 2.28. The number of amides is 2. The first-order valence-corrected chi connectivity index (χ1v) is 10.5. The largest absolute Gasteiger partial charge is 0.457 e. The third-order valence-corrected chi connectivity index (χ3v) is 5.91. The van der Waals surface area contributed by atoms with Crippen molar-refractivity contribution in [3.05, 3.63) is 81.0 Å². The van der Waals surface area contributed by atoms with Crippen molar-refractivity contribution < 1.29 is 14.3 Å². The third-order valence-electron chi connectivity index (χ3n) is 4.06. The minimum atomic E-state index is -0.509. The van der Waals surface area contributed by atoms with Crippen molar-refractivity contribution in [3.63, 3.8) is 0 Å². The molecule has 0 unspecified atom stereocenters. The number of thiocarbonyl (C=S) groups is 1. The maximum absolute atomic E-state index is 13.0. The van der Waals surface area contributed by atoms with Crippen LogP contribution in [0.3, 0.4) is 0 Å². The number of hydrogen-bond acceptors (Lipinski definition) is 5. The summed E-state index contributed by atoms with van der Waals surface area (Å²) in [5.41, 5.74) is 0.566. The van der Waals surface area contributed by atoms with E-state index >= 15 is 0 Å². The molecule has 8 heteroatoms. The van der Waals surface area contributed by atoms with Crippen LogP contribution in [0.25, 0.3) is 6.08 Å². The number of carbonyl (C=O) groups is 2. The molecular formula is C21H13BrN2O3S2. The van der Waals surface area contributed by atoms with Crippen LogP contribution < -0.4 is 15.0 Å². The number of nitrogens with zero attached hydrogens (tertiary/aromatic N) is 1. The van der Waals surface area contributed by atoms with Crippen LogP contribution in [0, 0.1) is 0 Å². The maximum Gasteiger partial charge on any atom is 0.270 e. The van der Waals surface area contributed by atoms with Gasteiger partial charge in [0.2, 0.25) is 0 Å². The lowest BCUT2D eigenvalue weighted by Gasteiger charge is -2.28. The summed E-state index contributed by atoms with van der Waals surface area (Å²) in [6.07, 6.45) is 1.56. The maximum atomic E-state index is 13.0.